The van der Waals surface area contributed by atoms with Crippen molar-refractivity contribution in [2.75, 3.05) is 0 Å². The largest absolute Gasteiger partial charge is 0.481 e. The third-order valence-corrected chi connectivity index (χ3v) is 2.81. The summed E-state index contributed by atoms with van der Waals surface area (Å²) in [6, 6.07) is 11.8. The molecule has 0 aliphatic carbocycles. The van der Waals surface area contributed by atoms with E-state index in [1.165, 1.54) is 5.56 Å². The van der Waals surface area contributed by atoms with Gasteiger partial charge >= 0.3 is 5.97 Å². The van der Waals surface area contributed by atoms with Gasteiger partial charge in [-0.3, -0.25) is 4.79 Å². The standard InChI is InChI=1S/C15H14O2/c1-2-5-11-6-3-9-14-12(10-15(16)17)7-4-8-13(11)14/h2-4,6-9H,1,5,10H2,(H,16,17). The molecule has 86 valence electrons. The van der Waals surface area contributed by atoms with Gasteiger partial charge in [-0.15, -0.1) is 6.58 Å². The van der Waals surface area contributed by atoms with Crippen molar-refractivity contribution in [3.8, 4) is 0 Å². The summed E-state index contributed by atoms with van der Waals surface area (Å²) in [5.41, 5.74) is 2.05. The van der Waals surface area contributed by atoms with Crippen LogP contribution in [0.2, 0.25) is 0 Å². The Labute approximate surface area is 100 Å². The molecule has 17 heavy (non-hydrogen) atoms. The van der Waals surface area contributed by atoms with Crippen LogP contribution in [0.5, 0.6) is 0 Å². The van der Waals surface area contributed by atoms with Crippen molar-refractivity contribution in [1.82, 2.24) is 0 Å². The first-order valence-corrected chi connectivity index (χ1v) is 5.54. The molecule has 0 saturated heterocycles. The zero-order chi connectivity index (χ0) is 12.3. The van der Waals surface area contributed by atoms with Crippen LogP contribution in [0, 0.1) is 0 Å². The van der Waals surface area contributed by atoms with E-state index in [1.54, 1.807) is 0 Å². The van der Waals surface area contributed by atoms with Crippen molar-refractivity contribution >= 4 is 16.7 Å². The minimum atomic E-state index is -0.799. The molecule has 0 radical (unpaired) electrons. The van der Waals surface area contributed by atoms with Crippen molar-refractivity contribution in [1.29, 1.82) is 0 Å². The van der Waals surface area contributed by atoms with Gasteiger partial charge in [0.05, 0.1) is 6.42 Å². The number of hydrogen-bond acceptors (Lipinski definition) is 1. The molecule has 0 aliphatic heterocycles. The Bertz CT molecular complexity index is 570. The summed E-state index contributed by atoms with van der Waals surface area (Å²) in [4.78, 5) is 10.8. The normalized spacial score (nSPS) is 10.4. The molecule has 0 aromatic heterocycles. The Morgan fingerprint density at radius 2 is 1.71 bits per heavy atom. The summed E-state index contributed by atoms with van der Waals surface area (Å²) < 4.78 is 0. The van der Waals surface area contributed by atoms with E-state index < -0.39 is 5.97 Å². The maximum absolute atomic E-state index is 10.8. The van der Waals surface area contributed by atoms with E-state index in [0.29, 0.717) is 0 Å². The Morgan fingerprint density at radius 1 is 1.12 bits per heavy atom. The zero-order valence-corrected chi connectivity index (χ0v) is 9.52. The monoisotopic (exact) mass is 226 g/mol. The highest BCUT2D eigenvalue weighted by Crippen LogP contribution is 2.23. The van der Waals surface area contributed by atoms with Crippen molar-refractivity contribution in [2.45, 2.75) is 12.8 Å². The Morgan fingerprint density at radius 3 is 2.29 bits per heavy atom. The highest BCUT2D eigenvalue weighted by atomic mass is 16.4. The fourth-order valence-electron chi connectivity index (χ4n) is 2.09. The van der Waals surface area contributed by atoms with Crippen LogP contribution in [0.4, 0.5) is 0 Å². The third kappa shape index (κ3) is 2.36. The SMILES string of the molecule is C=CCc1cccc2c(CC(=O)O)cccc12. The van der Waals surface area contributed by atoms with Gasteiger partial charge < -0.3 is 5.11 Å². The lowest BCUT2D eigenvalue weighted by Gasteiger charge is -2.08. The minimum absolute atomic E-state index is 0.0644. The first-order valence-electron chi connectivity index (χ1n) is 5.54. The molecular weight excluding hydrogens is 212 g/mol. The van der Waals surface area contributed by atoms with Crippen molar-refractivity contribution < 1.29 is 9.90 Å². The topological polar surface area (TPSA) is 37.3 Å². The highest BCUT2D eigenvalue weighted by molar-refractivity contribution is 5.91. The fourth-order valence-corrected chi connectivity index (χ4v) is 2.09. The molecule has 0 amide bonds. The lowest BCUT2D eigenvalue weighted by molar-refractivity contribution is -0.136. The maximum Gasteiger partial charge on any atom is 0.307 e. The van der Waals surface area contributed by atoms with E-state index in [4.69, 9.17) is 5.11 Å². The number of rotatable bonds is 4. The molecule has 0 bridgehead atoms. The van der Waals surface area contributed by atoms with Crippen molar-refractivity contribution in [3.05, 3.63) is 60.2 Å². The second-order valence-corrected chi connectivity index (χ2v) is 3.99. The van der Waals surface area contributed by atoms with E-state index in [9.17, 15) is 4.79 Å². The van der Waals surface area contributed by atoms with E-state index in [0.717, 1.165) is 22.8 Å². The van der Waals surface area contributed by atoms with Crippen LogP contribution in [0.25, 0.3) is 10.8 Å². The summed E-state index contributed by atoms with van der Waals surface area (Å²) in [6.07, 6.45) is 2.72. The van der Waals surface area contributed by atoms with Gasteiger partial charge in [-0.1, -0.05) is 42.5 Å². The fraction of sp³-hybridized carbons (Fsp3) is 0.133. The number of hydrogen-bond donors (Lipinski definition) is 1. The average molecular weight is 226 g/mol. The number of fused-ring (bicyclic) bond motifs is 1. The molecular formula is C15H14O2. The molecule has 0 saturated carbocycles. The third-order valence-electron chi connectivity index (χ3n) is 2.81. The summed E-state index contributed by atoms with van der Waals surface area (Å²) >= 11 is 0. The van der Waals surface area contributed by atoms with Crippen LogP contribution in [0.3, 0.4) is 0 Å². The highest BCUT2D eigenvalue weighted by Gasteiger charge is 2.06. The summed E-state index contributed by atoms with van der Waals surface area (Å²) in [6.45, 7) is 3.74. The average Bonchev–Trinajstić information content (AvgIpc) is 2.30. The van der Waals surface area contributed by atoms with Gasteiger partial charge in [0.1, 0.15) is 0 Å². The van der Waals surface area contributed by atoms with Gasteiger partial charge in [0.2, 0.25) is 0 Å². The molecule has 0 unspecified atom stereocenters. The van der Waals surface area contributed by atoms with E-state index in [-0.39, 0.29) is 6.42 Å². The smallest absolute Gasteiger partial charge is 0.307 e. The zero-order valence-electron chi connectivity index (χ0n) is 9.52. The summed E-state index contributed by atoms with van der Waals surface area (Å²) in [7, 11) is 0. The molecule has 0 aliphatic rings. The van der Waals surface area contributed by atoms with Gasteiger partial charge in [-0.05, 0) is 28.3 Å². The van der Waals surface area contributed by atoms with Crippen LogP contribution in [-0.2, 0) is 17.6 Å². The summed E-state index contributed by atoms with van der Waals surface area (Å²) in [5, 5.41) is 11.0. The number of benzene rings is 2. The van der Waals surface area contributed by atoms with Crippen LogP contribution < -0.4 is 0 Å². The Balaban J connectivity index is 2.60. The van der Waals surface area contributed by atoms with Gasteiger partial charge in [0, 0.05) is 0 Å². The number of allylic oxidation sites excluding steroid dienone is 1. The molecule has 0 heterocycles. The second-order valence-electron chi connectivity index (χ2n) is 3.99. The van der Waals surface area contributed by atoms with E-state index in [2.05, 4.69) is 12.6 Å². The molecule has 0 fully saturated rings. The quantitative estimate of drug-likeness (QED) is 0.813. The predicted octanol–water partition coefficient (Wildman–Crippen LogP) is 3.20. The van der Waals surface area contributed by atoms with Crippen molar-refractivity contribution in [3.63, 3.8) is 0 Å². The molecule has 0 atom stereocenters. The number of aliphatic carboxylic acids is 1. The minimum Gasteiger partial charge on any atom is -0.481 e. The number of carboxylic acid groups (broad SMARTS) is 1. The molecule has 2 nitrogen and oxygen atoms in total. The van der Waals surface area contributed by atoms with E-state index in [1.807, 2.05) is 36.4 Å². The first-order chi connectivity index (χ1) is 8.22. The molecule has 0 spiro atoms. The van der Waals surface area contributed by atoms with Gasteiger partial charge in [-0.2, -0.15) is 0 Å². The molecule has 2 rings (SSSR count). The molecule has 2 aromatic rings. The molecule has 2 heteroatoms. The molecule has 2 aromatic carbocycles. The Kier molecular flexibility index (Phi) is 3.24. The van der Waals surface area contributed by atoms with Gasteiger partial charge in [0.15, 0.2) is 0 Å². The van der Waals surface area contributed by atoms with E-state index >= 15 is 0 Å². The van der Waals surface area contributed by atoms with Gasteiger partial charge in [0.25, 0.3) is 0 Å². The van der Waals surface area contributed by atoms with Crippen LogP contribution in [0.1, 0.15) is 11.1 Å². The van der Waals surface area contributed by atoms with Crippen LogP contribution >= 0.6 is 0 Å². The van der Waals surface area contributed by atoms with Crippen LogP contribution in [0.15, 0.2) is 49.1 Å². The van der Waals surface area contributed by atoms with Crippen LogP contribution in [-0.4, -0.2) is 11.1 Å². The Hall–Kier alpha value is -2.09. The molecule has 1 N–H and O–H groups in total. The second kappa shape index (κ2) is 4.83. The summed E-state index contributed by atoms with van der Waals surface area (Å²) in [5.74, 6) is -0.799. The lowest BCUT2D eigenvalue weighted by atomic mass is 9.97. The van der Waals surface area contributed by atoms with Gasteiger partial charge in [-0.25, -0.2) is 0 Å². The number of carboxylic acids is 1. The number of carbonyl (C=O) groups is 1. The maximum atomic E-state index is 10.8. The first kappa shape index (κ1) is 11.4. The lowest BCUT2D eigenvalue weighted by Crippen LogP contribution is -2.00. The predicted molar refractivity (Wildman–Crippen MR) is 69.2 cm³/mol. The van der Waals surface area contributed by atoms with Crippen molar-refractivity contribution in [2.24, 2.45) is 0 Å².